The zero-order chi connectivity index (χ0) is 18.0. The van der Waals surface area contributed by atoms with Crippen molar-refractivity contribution in [2.45, 2.75) is 38.6 Å². The van der Waals surface area contributed by atoms with Gasteiger partial charge in [-0.05, 0) is 30.2 Å². The summed E-state index contributed by atoms with van der Waals surface area (Å²) in [5.74, 6) is -0.637. The summed E-state index contributed by atoms with van der Waals surface area (Å²) < 4.78 is 0. The molecule has 6 heteroatoms. The van der Waals surface area contributed by atoms with Crippen LogP contribution in [0, 0.1) is 0 Å². The molecule has 0 bridgehead atoms. The molecule has 0 fully saturated rings. The molecule has 3 rings (SSSR count). The number of carboxylic acids is 1. The predicted molar refractivity (Wildman–Crippen MR) is 94.6 cm³/mol. The third kappa shape index (κ3) is 3.79. The molecule has 0 saturated carbocycles. The number of hydrogen-bond donors (Lipinski definition) is 2. The molecule has 6 nitrogen and oxygen atoms in total. The van der Waals surface area contributed by atoms with Crippen LogP contribution in [-0.4, -0.2) is 31.2 Å². The standard InChI is InChI=1S/C19H21N3O3/c1-19(2,12-22-20-15-5-3-4-6-16(15)21-22)14-11-13(7-9-17(14)23)8-10-18(24)25/h3-7,9,11,23H,8,10,12H2,1-2H3,(H,24,25). The molecule has 1 heterocycles. The average molecular weight is 339 g/mol. The lowest BCUT2D eigenvalue weighted by Crippen LogP contribution is -2.26. The van der Waals surface area contributed by atoms with Crippen molar-refractivity contribution in [1.82, 2.24) is 15.0 Å². The van der Waals surface area contributed by atoms with Crippen molar-refractivity contribution < 1.29 is 15.0 Å². The van der Waals surface area contributed by atoms with Crippen LogP contribution in [0.2, 0.25) is 0 Å². The van der Waals surface area contributed by atoms with Crippen LogP contribution in [0.1, 0.15) is 31.4 Å². The molecule has 2 aromatic carbocycles. The summed E-state index contributed by atoms with van der Waals surface area (Å²) in [4.78, 5) is 12.4. The number of aromatic nitrogens is 3. The molecular weight excluding hydrogens is 318 g/mol. The number of nitrogens with zero attached hydrogens (tertiary/aromatic N) is 3. The summed E-state index contributed by atoms with van der Waals surface area (Å²) in [6.45, 7) is 4.52. The predicted octanol–water partition coefficient (Wildman–Crippen LogP) is 3.13. The highest BCUT2D eigenvalue weighted by atomic mass is 16.4. The lowest BCUT2D eigenvalue weighted by atomic mass is 9.83. The van der Waals surface area contributed by atoms with E-state index in [2.05, 4.69) is 10.2 Å². The van der Waals surface area contributed by atoms with Gasteiger partial charge in [0.15, 0.2) is 0 Å². The van der Waals surface area contributed by atoms with Crippen molar-refractivity contribution in [3.8, 4) is 5.75 Å². The van der Waals surface area contributed by atoms with Crippen LogP contribution in [0.5, 0.6) is 5.75 Å². The highest BCUT2D eigenvalue weighted by molar-refractivity contribution is 5.73. The van der Waals surface area contributed by atoms with Crippen LogP contribution in [0.3, 0.4) is 0 Å². The number of phenols is 1. The summed E-state index contributed by atoms with van der Waals surface area (Å²) in [5, 5.41) is 28.1. The van der Waals surface area contributed by atoms with Crippen molar-refractivity contribution in [2.75, 3.05) is 0 Å². The first kappa shape index (κ1) is 17.0. The fourth-order valence-corrected chi connectivity index (χ4v) is 2.95. The second-order valence-corrected chi connectivity index (χ2v) is 6.85. The van der Waals surface area contributed by atoms with Crippen LogP contribution in [0.25, 0.3) is 11.0 Å². The Morgan fingerprint density at radius 3 is 2.36 bits per heavy atom. The number of aryl methyl sites for hydroxylation is 1. The maximum atomic E-state index is 10.8. The van der Waals surface area contributed by atoms with E-state index in [4.69, 9.17) is 5.11 Å². The SMILES string of the molecule is CC(C)(Cn1nc2ccccc2n1)c1cc(CCC(=O)O)ccc1O. The van der Waals surface area contributed by atoms with Crippen LogP contribution >= 0.6 is 0 Å². The van der Waals surface area contributed by atoms with Gasteiger partial charge in [-0.15, -0.1) is 0 Å². The number of fused-ring (bicyclic) bond motifs is 1. The zero-order valence-electron chi connectivity index (χ0n) is 14.3. The highest BCUT2D eigenvalue weighted by Gasteiger charge is 2.26. The number of phenolic OH excluding ortho intramolecular Hbond substituents is 1. The maximum absolute atomic E-state index is 10.8. The largest absolute Gasteiger partial charge is 0.508 e. The van der Waals surface area contributed by atoms with E-state index in [1.807, 2.05) is 44.2 Å². The quantitative estimate of drug-likeness (QED) is 0.720. The number of benzene rings is 2. The molecule has 0 amide bonds. The summed E-state index contributed by atoms with van der Waals surface area (Å²) in [7, 11) is 0. The van der Waals surface area contributed by atoms with Crippen molar-refractivity contribution in [1.29, 1.82) is 0 Å². The molecule has 0 unspecified atom stereocenters. The Bertz CT molecular complexity index is 882. The Balaban J connectivity index is 1.87. The fraction of sp³-hybridized carbons (Fsp3) is 0.316. The van der Waals surface area contributed by atoms with Gasteiger partial charge >= 0.3 is 5.97 Å². The minimum atomic E-state index is -0.832. The first-order chi connectivity index (χ1) is 11.8. The van der Waals surface area contributed by atoms with E-state index in [1.54, 1.807) is 16.9 Å². The third-order valence-corrected chi connectivity index (χ3v) is 4.28. The minimum Gasteiger partial charge on any atom is -0.508 e. The lowest BCUT2D eigenvalue weighted by Gasteiger charge is -2.26. The van der Waals surface area contributed by atoms with E-state index in [0.29, 0.717) is 13.0 Å². The number of carboxylic acid groups (broad SMARTS) is 1. The summed E-state index contributed by atoms with van der Waals surface area (Å²) >= 11 is 0. The van der Waals surface area contributed by atoms with E-state index in [0.717, 1.165) is 22.2 Å². The van der Waals surface area contributed by atoms with E-state index < -0.39 is 11.4 Å². The first-order valence-corrected chi connectivity index (χ1v) is 8.19. The number of aromatic hydroxyl groups is 1. The lowest BCUT2D eigenvalue weighted by molar-refractivity contribution is -0.136. The molecule has 2 N–H and O–H groups in total. The molecular formula is C19H21N3O3. The molecule has 130 valence electrons. The molecule has 0 atom stereocenters. The summed E-state index contributed by atoms with van der Waals surface area (Å²) in [6.07, 6.45) is 0.499. The van der Waals surface area contributed by atoms with Gasteiger partial charge in [0, 0.05) is 17.4 Å². The van der Waals surface area contributed by atoms with E-state index >= 15 is 0 Å². The Hall–Kier alpha value is -2.89. The Morgan fingerprint density at radius 2 is 1.76 bits per heavy atom. The Morgan fingerprint density at radius 1 is 1.12 bits per heavy atom. The monoisotopic (exact) mass is 339 g/mol. The van der Waals surface area contributed by atoms with Crippen molar-refractivity contribution in [2.24, 2.45) is 0 Å². The second-order valence-electron chi connectivity index (χ2n) is 6.85. The van der Waals surface area contributed by atoms with Gasteiger partial charge in [-0.2, -0.15) is 15.0 Å². The van der Waals surface area contributed by atoms with Gasteiger partial charge in [-0.25, -0.2) is 0 Å². The molecule has 0 aliphatic rings. The summed E-state index contributed by atoms with van der Waals surface area (Å²) in [6, 6.07) is 12.9. The normalized spacial score (nSPS) is 11.8. The molecule has 1 aromatic heterocycles. The van der Waals surface area contributed by atoms with Crippen LogP contribution in [-0.2, 0) is 23.2 Å². The molecule has 0 radical (unpaired) electrons. The van der Waals surface area contributed by atoms with Gasteiger partial charge in [0.2, 0.25) is 0 Å². The fourth-order valence-electron chi connectivity index (χ4n) is 2.95. The molecule has 3 aromatic rings. The van der Waals surface area contributed by atoms with Crippen molar-refractivity contribution in [3.05, 3.63) is 53.6 Å². The molecule has 0 aliphatic heterocycles. The first-order valence-electron chi connectivity index (χ1n) is 8.19. The molecule has 25 heavy (non-hydrogen) atoms. The average Bonchev–Trinajstić information content (AvgIpc) is 2.95. The van der Waals surface area contributed by atoms with Gasteiger partial charge in [-0.1, -0.05) is 38.1 Å². The number of rotatable bonds is 6. The zero-order valence-corrected chi connectivity index (χ0v) is 14.3. The van der Waals surface area contributed by atoms with E-state index in [-0.39, 0.29) is 12.2 Å². The Labute approximate surface area is 145 Å². The molecule has 0 saturated heterocycles. The number of aliphatic carboxylic acids is 1. The third-order valence-electron chi connectivity index (χ3n) is 4.28. The topological polar surface area (TPSA) is 88.2 Å². The van der Waals surface area contributed by atoms with Gasteiger partial charge in [0.05, 0.1) is 6.54 Å². The number of hydrogen-bond acceptors (Lipinski definition) is 4. The van der Waals surface area contributed by atoms with Crippen LogP contribution in [0.15, 0.2) is 42.5 Å². The highest BCUT2D eigenvalue weighted by Crippen LogP contribution is 2.33. The molecule has 0 spiro atoms. The van der Waals surface area contributed by atoms with Gasteiger partial charge in [0.25, 0.3) is 0 Å². The minimum absolute atomic E-state index is 0.0662. The van der Waals surface area contributed by atoms with E-state index in [1.165, 1.54) is 0 Å². The maximum Gasteiger partial charge on any atom is 0.303 e. The van der Waals surface area contributed by atoms with Gasteiger partial charge in [0.1, 0.15) is 16.8 Å². The van der Waals surface area contributed by atoms with Crippen LogP contribution < -0.4 is 0 Å². The van der Waals surface area contributed by atoms with Crippen LogP contribution in [0.4, 0.5) is 0 Å². The van der Waals surface area contributed by atoms with Gasteiger partial charge < -0.3 is 10.2 Å². The Kier molecular flexibility index (Phi) is 4.44. The molecule has 0 aliphatic carbocycles. The van der Waals surface area contributed by atoms with Crippen molar-refractivity contribution in [3.63, 3.8) is 0 Å². The second kappa shape index (κ2) is 6.55. The van der Waals surface area contributed by atoms with E-state index in [9.17, 15) is 9.90 Å². The number of carbonyl (C=O) groups is 1. The van der Waals surface area contributed by atoms with Crippen molar-refractivity contribution >= 4 is 17.0 Å². The smallest absolute Gasteiger partial charge is 0.303 e. The van der Waals surface area contributed by atoms with Gasteiger partial charge in [-0.3, -0.25) is 4.79 Å². The summed E-state index contributed by atoms with van der Waals surface area (Å²) in [5.41, 5.74) is 2.90.